The van der Waals surface area contributed by atoms with Gasteiger partial charge in [-0.25, -0.2) is 0 Å². The maximum absolute atomic E-state index is 12.6. The van der Waals surface area contributed by atoms with Gasteiger partial charge < -0.3 is 19.5 Å². The first-order chi connectivity index (χ1) is 17.0. The van der Waals surface area contributed by atoms with Gasteiger partial charge in [0.1, 0.15) is 0 Å². The number of rotatable bonds is 9. The molecule has 8 nitrogen and oxygen atoms in total. The first-order valence-corrected chi connectivity index (χ1v) is 11.8. The monoisotopic (exact) mass is 490 g/mol. The number of thioether (sulfide) groups is 1. The van der Waals surface area contributed by atoms with Gasteiger partial charge in [0, 0.05) is 16.9 Å². The molecule has 0 aliphatic rings. The first kappa shape index (κ1) is 24.2. The number of aryl methyl sites for hydroxylation is 1. The van der Waals surface area contributed by atoms with Crippen LogP contribution in [0.15, 0.2) is 71.9 Å². The van der Waals surface area contributed by atoms with Crippen LogP contribution in [-0.2, 0) is 4.79 Å². The van der Waals surface area contributed by atoms with E-state index in [0.717, 1.165) is 22.5 Å². The molecule has 0 fully saturated rings. The molecule has 0 saturated carbocycles. The molecule has 3 aromatic carbocycles. The Balaban J connectivity index is 1.67. The van der Waals surface area contributed by atoms with Crippen LogP contribution in [0.25, 0.3) is 17.1 Å². The van der Waals surface area contributed by atoms with Crippen molar-refractivity contribution in [3.63, 3.8) is 0 Å². The molecule has 1 N–H and O–H groups in total. The number of ether oxygens (including phenoxy) is 3. The van der Waals surface area contributed by atoms with E-state index in [2.05, 4.69) is 15.5 Å². The maximum atomic E-state index is 12.6. The maximum Gasteiger partial charge on any atom is 0.234 e. The zero-order chi connectivity index (χ0) is 24.8. The fourth-order valence-electron chi connectivity index (χ4n) is 3.53. The Kier molecular flexibility index (Phi) is 7.57. The van der Waals surface area contributed by atoms with Crippen LogP contribution in [0.3, 0.4) is 0 Å². The molecule has 0 atom stereocenters. The van der Waals surface area contributed by atoms with E-state index in [1.54, 1.807) is 21.3 Å². The molecule has 9 heteroatoms. The third-order valence-corrected chi connectivity index (χ3v) is 6.17. The summed E-state index contributed by atoms with van der Waals surface area (Å²) in [7, 11) is 4.69. The lowest BCUT2D eigenvalue weighted by Crippen LogP contribution is -2.14. The number of carbonyl (C=O) groups excluding carboxylic acids is 1. The normalized spacial score (nSPS) is 10.6. The Morgan fingerprint density at radius 2 is 1.57 bits per heavy atom. The predicted molar refractivity (Wildman–Crippen MR) is 137 cm³/mol. The van der Waals surface area contributed by atoms with E-state index in [-0.39, 0.29) is 11.7 Å². The molecule has 0 saturated heterocycles. The van der Waals surface area contributed by atoms with Gasteiger partial charge in [0.25, 0.3) is 0 Å². The second-order valence-corrected chi connectivity index (χ2v) is 8.54. The van der Waals surface area contributed by atoms with E-state index in [9.17, 15) is 4.79 Å². The number of methoxy groups -OCH3 is 3. The Labute approximate surface area is 208 Å². The second-order valence-electron chi connectivity index (χ2n) is 7.59. The van der Waals surface area contributed by atoms with Crippen molar-refractivity contribution in [2.24, 2.45) is 0 Å². The topological polar surface area (TPSA) is 87.5 Å². The highest BCUT2D eigenvalue weighted by Gasteiger charge is 2.21. The number of hydrogen-bond donors (Lipinski definition) is 1. The quantitative estimate of drug-likeness (QED) is 0.330. The van der Waals surface area contributed by atoms with Gasteiger partial charge in [0.05, 0.1) is 27.1 Å². The van der Waals surface area contributed by atoms with Gasteiger partial charge in [0.15, 0.2) is 22.5 Å². The summed E-state index contributed by atoms with van der Waals surface area (Å²) in [5, 5.41) is 12.3. The van der Waals surface area contributed by atoms with Crippen molar-refractivity contribution in [1.82, 2.24) is 14.8 Å². The van der Waals surface area contributed by atoms with Crippen LogP contribution in [-0.4, -0.2) is 47.8 Å². The summed E-state index contributed by atoms with van der Waals surface area (Å²) in [5.41, 5.74) is 3.48. The van der Waals surface area contributed by atoms with Crippen LogP contribution in [0, 0.1) is 6.92 Å². The number of aromatic nitrogens is 3. The molecule has 4 rings (SSSR count). The molecule has 0 bridgehead atoms. The van der Waals surface area contributed by atoms with Gasteiger partial charge in [-0.05, 0) is 43.3 Å². The standard InChI is InChI=1S/C26H26N4O4S/c1-17-10-12-19(13-11-17)27-23(31)16-35-26-29-28-25(30(26)20-8-6-5-7-9-20)18-14-21(32-2)24(34-4)22(15-18)33-3/h5-15H,16H2,1-4H3,(H,27,31). The molecule has 0 spiro atoms. The number of nitrogens with zero attached hydrogens (tertiary/aromatic N) is 3. The number of para-hydroxylation sites is 1. The summed E-state index contributed by atoms with van der Waals surface area (Å²) < 4.78 is 18.4. The lowest BCUT2D eigenvalue weighted by molar-refractivity contribution is -0.113. The van der Waals surface area contributed by atoms with Gasteiger partial charge in [0.2, 0.25) is 11.7 Å². The minimum atomic E-state index is -0.129. The number of amides is 1. The Morgan fingerprint density at radius 3 is 2.17 bits per heavy atom. The van der Waals surface area contributed by atoms with Gasteiger partial charge in [-0.15, -0.1) is 10.2 Å². The minimum absolute atomic E-state index is 0.129. The number of hydrogen-bond acceptors (Lipinski definition) is 7. The average molecular weight is 491 g/mol. The number of anilines is 1. The molecule has 180 valence electrons. The summed E-state index contributed by atoms with van der Waals surface area (Å²) in [6.45, 7) is 2.00. The van der Waals surface area contributed by atoms with Crippen LogP contribution in [0.2, 0.25) is 0 Å². The van der Waals surface area contributed by atoms with Gasteiger partial charge in [-0.3, -0.25) is 9.36 Å². The zero-order valence-corrected chi connectivity index (χ0v) is 20.8. The number of nitrogens with one attached hydrogen (secondary N) is 1. The van der Waals surface area contributed by atoms with E-state index in [1.165, 1.54) is 11.8 Å². The van der Waals surface area contributed by atoms with Gasteiger partial charge in [-0.2, -0.15) is 0 Å². The summed E-state index contributed by atoms with van der Waals surface area (Å²) in [6, 6.07) is 21.1. The highest BCUT2D eigenvalue weighted by molar-refractivity contribution is 7.99. The fourth-order valence-corrected chi connectivity index (χ4v) is 4.29. The number of carbonyl (C=O) groups is 1. The van der Waals surface area contributed by atoms with Crippen LogP contribution in [0.4, 0.5) is 5.69 Å². The predicted octanol–water partition coefficient (Wildman–Crippen LogP) is 5.00. The summed E-state index contributed by atoms with van der Waals surface area (Å²) >= 11 is 1.31. The first-order valence-electron chi connectivity index (χ1n) is 10.8. The van der Waals surface area contributed by atoms with Crippen molar-refractivity contribution in [3.8, 4) is 34.3 Å². The van der Waals surface area contributed by atoms with Crippen LogP contribution in [0.5, 0.6) is 17.2 Å². The lowest BCUT2D eigenvalue weighted by atomic mass is 10.1. The fraction of sp³-hybridized carbons (Fsp3) is 0.192. The molecule has 35 heavy (non-hydrogen) atoms. The highest BCUT2D eigenvalue weighted by atomic mass is 32.2. The van der Waals surface area contributed by atoms with Crippen LogP contribution in [0.1, 0.15) is 5.56 Å². The summed E-state index contributed by atoms with van der Waals surface area (Å²) in [5.74, 6) is 2.14. The summed E-state index contributed by atoms with van der Waals surface area (Å²) in [4.78, 5) is 12.6. The van der Waals surface area contributed by atoms with Crippen molar-refractivity contribution in [2.45, 2.75) is 12.1 Å². The molecular weight excluding hydrogens is 464 g/mol. The highest BCUT2D eigenvalue weighted by Crippen LogP contribution is 2.41. The number of benzene rings is 3. The smallest absolute Gasteiger partial charge is 0.234 e. The van der Waals surface area contributed by atoms with Crippen molar-refractivity contribution in [3.05, 3.63) is 72.3 Å². The largest absolute Gasteiger partial charge is 0.493 e. The summed E-state index contributed by atoms with van der Waals surface area (Å²) in [6.07, 6.45) is 0. The van der Waals surface area contributed by atoms with Crippen LogP contribution < -0.4 is 19.5 Å². The molecule has 0 unspecified atom stereocenters. The zero-order valence-electron chi connectivity index (χ0n) is 19.9. The molecule has 1 heterocycles. The Morgan fingerprint density at radius 1 is 0.914 bits per heavy atom. The third kappa shape index (κ3) is 5.41. The van der Waals surface area contributed by atoms with Crippen LogP contribution >= 0.6 is 11.8 Å². The minimum Gasteiger partial charge on any atom is -0.493 e. The lowest BCUT2D eigenvalue weighted by Gasteiger charge is -2.15. The molecule has 0 radical (unpaired) electrons. The molecule has 1 aromatic heterocycles. The molecule has 4 aromatic rings. The van der Waals surface area contributed by atoms with E-state index in [4.69, 9.17) is 14.2 Å². The van der Waals surface area contributed by atoms with E-state index in [0.29, 0.717) is 28.2 Å². The van der Waals surface area contributed by atoms with E-state index < -0.39 is 0 Å². The van der Waals surface area contributed by atoms with Crippen molar-refractivity contribution in [2.75, 3.05) is 32.4 Å². The molecular formula is C26H26N4O4S. The van der Waals surface area contributed by atoms with E-state index >= 15 is 0 Å². The third-order valence-electron chi connectivity index (χ3n) is 5.24. The molecule has 0 aliphatic heterocycles. The molecule has 0 aliphatic carbocycles. The van der Waals surface area contributed by atoms with E-state index in [1.807, 2.05) is 78.2 Å². The average Bonchev–Trinajstić information content (AvgIpc) is 3.32. The van der Waals surface area contributed by atoms with Crippen molar-refractivity contribution >= 4 is 23.4 Å². The van der Waals surface area contributed by atoms with Gasteiger partial charge >= 0.3 is 0 Å². The SMILES string of the molecule is COc1cc(-c2nnc(SCC(=O)Nc3ccc(C)cc3)n2-c2ccccc2)cc(OC)c1OC. The Hall–Kier alpha value is -3.98. The second kappa shape index (κ2) is 11.0. The van der Waals surface area contributed by atoms with Gasteiger partial charge in [-0.1, -0.05) is 47.7 Å². The van der Waals surface area contributed by atoms with Crippen molar-refractivity contribution in [1.29, 1.82) is 0 Å². The van der Waals surface area contributed by atoms with Crippen molar-refractivity contribution < 1.29 is 19.0 Å². The molecule has 1 amide bonds. The Bertz CT molecular complexity index is 1280.